The van der Waals surface area contributed by atoms with Gasteiger partial charge >= 0.3 is 6.18 Å². The molecule has 0 unspecified atom stereocenters. The molecule has 0 aliphatic carbocycles. The fourth-order valence-corrected chi connectivity index (χ4v) is 2.31. The van der Waals surface area contributed by atoms with Crippen molar-refractivity contribution in [1.29, 1.82) is 0 Å². The van der Waals surface area contributed by atoms with Crippen LogP contribution in [0.5, 0.6) is 5.88 Å². The van der Waals surface area contributed by atoms with Gasteiger partial charge in [-0.25, -0.2) is 4.98 Å². The number of carbonyl (C=O) groups excluding carboxylic acids is 2. The maximum Gasteiger partial charge on any atom is 0.422 e. The Morgan fingerprint density at radius 3 is 2.54 bits per heavy atom. The van der Waals surface area contributed by atoms with Crippen LogP contribution in [0.2, 0.25) is 5.02 Å². The van der Waals surface area contributed by atoms with Gasteiger partial charge in [0, 0.05) is 24.0 Å². The van der Waals surface area contributed by atoms with Gasteiger partial charge in [0.25, 0.3) is 5.91 Å². The molecule has 1 aromatic heterocycles. The molecule has 2 amide bonds. The van der Waals surface area contributed by atoms with E-state index in [1.165, 1.54) is 0 Å². The number of hydrogen-bond acceptors (Lipinski definition) is 4. The van der Waals surface area contributed by atoms with E-state index in [-0.39, 0.29) is 16.5 Å². The van der Waals surface area contributed by atoms with Crippen molar-refractivity contribution in [2.75, 3.05) is 17.2 Å². The molecule has 150 valence electrons. The minimum absolute atomic E-state index is 0.0340. The lowest BCUT2D eigenvalue weighted by Crippen LogP contribution is -2.20. The molecular formula is C18H17ClF3N3O3. The summed E-state index contributed by atoms with van der Waals surface area (Å²) in [6, 6.07) is 6.17. The van der Waals surface area contributed by atoms with Gasteiger partial charge < -0.3 is 15.4 Å². The monoisotopic (exact) mass is 415 g/mol. The number of aromatic nitrogens is 1. The van der Waals surface area contributed by atoms with E-state index in [1.807, 2.05) is 0 Å². The predicted octanol–water partition coefficient (Wildman–Crippen LogP) is 4.59. The van der Waals surface area contributed by atoms with Gasteiger partial charge in [0.15, 0.2) is 6.61 Å². The Balaban J connectivity index is 2.13. The maximum absolute atomic E-state index is 12.4. The van der Waals surface area contributed by atoms with E-state index in [2.05, 4.69) is 20.4 Å². The van der Waals surface area contributed by atoms with E-state index in [4.69, 9.17) is 11.6 Å². The number of halogens is 4. The minimum atomic E-state index is -4.53. The summed E-state index contributed by atoms with van der Waals surface area (Å²) in [4.78, 5) is 27.6. The van der Waals surface area contributed by atoms with Crippen LogP contribution in [0.4, 0.5) is 24.5 Å². The second-order valence-electron chi connectivity index (χ2n) is 5.80. The van der Waals surface area contributed by atoms with Crippen molar-refractivity contribution in [2.24, 2.45) is 0 Å². The molecule has 0 spiro atoms. The number of nitrogens with zero attached hydrogens (tertiary/aromatic N) is 1. The van der Waals surface area contributed by atoms with E-state index in [0.29, 0.717) is 17.8 Å². The molecule has 0 aliphatic rings. The number of carbonyl (C=O) groups is 2. The minimum Gasteiger partial charge on any atom is -0.467 e. The topological polar surface area (TPSA) is 80.3 Å². The highest BCUT2D eigenvalue weighted by molar-refractivity contribution is 6.32. The lowest BCUT2D eigenvalue weighted by molar-refractivity contribution is -0.154. The number of anilines is 2. The molecule has 2 N–H and O–H groups in total. The Morgan fingerprint density at radius 1 is 1.21 bits per heavy atom. The summed E-state index contributed by atoms with van der Waals surface area (Å²) in [6.45, 7) is 1.94. The summed E-state index contributed by atoms with van der Waals surface area (Å²) in [7, 11) is 0. The predicted molar refractivity (Wildman–Crippen MR) is 98.8 cm³/mol. The molecule has 1 heterocycles. The molecular weight excluding hydrogens is 399 g/mol. The quantitative estimate of drug-likeness (QED) is 0.723. The second kappa shape index (κ2) is 8.92. The standard InChI is InChI=1S/C18H17ClF3N3O3/c1-3-15(26)24-12-5-4-10(2)14(7-12)25-16(27)11-6-13(19)17(23-8-11)28-9-18(20,21)22/h4-8H,3,9H2,1-2H3,(H,24,26)(H,25,27). The van der Waals surface area contributed by atoms with Gasteiger partial charge in [-0.2, -0.15) is 13.2 Å². The summed E-state index contributed by atoms with van der Waals surface area (Å²) in [5.41, 5.74) is 1.74. The third-order valence-corrected chi connectivity index (χ3v) is 3.80. The normalized spacial score (nSPS) is 11.1. The molecule has 0 fully saturated rings. The second-order valence-corrected chi connectivity index (χ2v) is 6.21. The number of aryl methyl sites for hydroxylation is 1. The van der Waals surface area contributed by atoms with E-state index in [9.17, 15) is 22.8 Å². The van der Waals surface area contributed by atoms with E-state index in [1.54, 1.807) is 32.0 Å². The van der Waals surface area contributed by atoms with Crippen LogP contribution >= 0.6 is 11.6 Å². The molecule has 0 atom stereocenters. The van der Waals surface area contributed by atoms with Crippen LogP contribution in [0.1, 0.15) is 29.3 Å². The molecule has 6 nitrogen and oxygen atoms in total. The van der Waals surface area contributed by atoms with Gasteiger partial charge in [0.2, 0.25) is 11.8 Å². The first kappa shape index (κ1) is 21.5. The van der Waals surface area contributed by atoms with E-state index >= 15 is 0 Å². The summed E-state index contributed by atoms with van der Waals surface area (Å²) < 4.78 is 41.1. The first-order chi connectivity index (χ1) is 13.1. The third-order valence-electron chi connectivity index (χ3n) is 3.53. The molecule has 1 aromatic carbocycles. The Kier molecular flexibility index (Phi) is 6.85. The molecule has 2 aromatic rings. The van der Waals surface area contributed by atoms with E-state index < -0.39 is 24.6 Å². The fraction of sp³-hybridized carbons (Fsp3) is 0.278. The highest BCUT2D eigenvalue weighted by Crippen LogP contribution is 2.26. The third kappa shape index (κ3) is 6.12. The lowest BCUT2D eigenvalue weighted by Gasteiger charge is -2.12. The molecule has 0 bridgehead atoms. The van der Waals surface area contributed by atoms with Crippen molar-refractivity contribution < 1.29 is 27.5 Å². The highest BCUT2D eigenvalue weighted by atomic mass is 35.5. The Hall–Kier alpha value is -2.81. The van der Waals surface area contributed by atoms with Crippen molar-refractivity contribution >= 4 is 34.8 Å². The van der Waals surface area contributed by atoms with Crippen LogP contribution in [-0.2, 0) is 4.79 Å². The number of nitrogens with one attached hydrogen (secondary N) is 2. The van der Waals surface area contributed by atoms with Crippen LogP contribution in [-0.4, -0.2) is 29.6 Å². The smallest absolute Gasteiger partial charge is 0.422 e. The van der Waals surface area contributed by atoms with E-state index in [0.717, 1.165) is 17.8 Å². The summed E-state index contributed by atoms with van der Waals surface area (Å²) in [6.07, 6.45) is -3.16. The number of hydrogen-bond donors (Lipinski definition) is 2. The highest BCUT2D eigenvalue weighted by Gasteiger charge is 2.29. The zero-order valence-corrected chi connectivity index (χ0v) is 15.7. The molecule has 2 rings (SSSR count). The van der Waals surface area contributed by atoms with Crippen molar-refractivity contribution in [3.05, 3.63) is 46.6 Å². The number of benzene rings is 1. The number of amides is 2. The summed E-state index contributed by atoms with van der Waals surface area (Å²) >= 11 is 5.85. The van der Waals surface area contributed by atoms with Crippen LogP contribution in [0.25, 0.3) is 0 Å². The van der Waals surface area contributed by atoms with Gasteiger partial charge in [-0.15, -0.1) is 0 Å². The summed E-state index contributed by atoms with van der Waals surface area (Å²) in [5, 5.41) is 5.11. The van der Waals surface area contributed by atoms with Crippen LogP contribution < -0.4 is 15.4 Å². The van der Waals surface area contributed by atoms with Crippen LogP contribution in [0.3, 0.4) is 0 Å². The van der Waals surface area contributed by atoms with Gasteiger partial charge in [-0.1, -0.05) is 24.6 Å². The summed E-state index contributed by atoms with van der Waals surface area (Å²) in [5.74, 6) is -1.17. The van der Waals surface area contributed by atoms with Crippen molar-refractivity contribution in [1.82, 2.24) is 4.98 Å². The Labute approximate surface area is 164 Å². The average Bonchev–Trinajstić information content (AvgIpc) is 2.62. The van der Waals surface area contributed by atoms with Gasteiger partial charge in [-0.3, -0.25) is 9.59 Å². The molecule has 0 radical (unpaired) electrons. The maximum atomic E-state index is 12.4. The van der Waals surface area contributed by atoms with Gasteiger partial charge in [-0.05, 0) is 30.7 Å². The zero-order chi connectivity index (χ0) is 20.9. The molecule has 0 saturated carbocycles. The van der Waals surface area contributed by atoms with Gasteiger partial charge in [0.1, 0.15) is 5.02 Å². The molecule has 0 aliphatic heterocycles. The van der Waals surface area contributed by atoms with Gasteiger partial charge in [0.05, 0.1) is 5.56 Å². The molecule has 0 saturated heterocycles. The molecule has 10 heteroatoms. The number of pyridine rings is 1. The fourth-order valence-electron chi connectivity index (χ4n) is 2.08. The lowest BCUT2D eigenvalue weighted by atomic mass is 10.1. The van der Waals surface area contributed by atoms with Crippen molar-refractivity contribution in [2.45, 2.75) is 26.4 Å². The molecule has 28 heavy (non-hydrogen) atoms. The largest absolute Gasteiger partial charge is 0.467 e. The number of ether oxygens (including phenoxy) is 1. The first-order valence-electron chi connectivity index (χ1n) is 8.16. The average molecular weight is 416 g/mol. The Morgan fingerprint density at radius 2 is 1.93 bits per heavy atom. The first-order valence-corrected chi connectivity index (χ1v) is 8.54. The number of rotatable bonds is 6. The zero-order valence-electron chi connectivity index (χ0n) is 15.0. The van der Waals surface area contributed by atoms with Crippen molar-refractivity contribution in [3.63, 3.8) is 0 Å². The van der Waals surface area contributed by atoms with Crippen LogP contribution in [0, 0.1) is 6.92 Å². The number of alkyl halides is 3. The SMILES string of the molecule is CCC(=O)Nc1ccc(C)c(NC(=O)c2cnc(OCC(F)(F)F)c(Cl)c2)c1. The van der Waals surface area contributed by atoms with Crippen molar-refractivity contribution in [3.8, 4) is 5.88 Å². The Bertz CT molecular complexity index is 888. The van der Waals surface area contributed by atoms with Crippen LogP contribution in [0.15, 0.2) is 30.5 Å².